The molecular weight excluding hydrogens is 234 g/mol. The van der Waals surface area contributed by atoms with Crippen LogP contribution in [0.3, 0.4) is 0 Å². The van der Waals surface area contributed by atoms with E-state index in [0.717, 1.165) is 25.1 Å². The molecule has 1 saturated heterocycles. The molecule has 2 heteroatoms. The van der Waals surface area contributed by atoms with Gasteiger partial charge in [-0.1, -0.05) is 60.7 Å². The Bertz CT molecular complexity index is 511. The molecule has 2 aromatic carbocycles. The molecule has 0 aromatic heterocycles. The third-order valence-corrected chi connectivity index (χ3v) is 3.79. The van der Waals surface area contributed by atoms with Crippen molar-refractivity contribution in [2.45, 2.75) is 18.6 Å². The molecule has 3 atom stereocenters. The quantitative estimate of drug-likeness (QED) is 0.828. The van der Waals surface area contributed by atoms with Crippen LogP contribution in [0.2, 0.25) is 0 Å². The van der Waals surface area contributed by atoms with Crippen molar-refractivity contribution in [3.8, 4) is 0 Å². The molecule has 0 spiro atoms. The molecule has 3 rings (SSSR count). The van der Waals surface area contributed by atoms with Gasteiger partial charge in [0.2, 0.25) is 0 Å². The third kappa shape index (κ3) is 3.03. The summed E-state index contributed by atoms with van der Waals surface area (Å²) in [6.45, 7) is 2.03. The molecule has 1 aliphatic heterocycles. The molecule has 1 unspecified atom stereocenters. The first-order valence-electron chi connectivity index (χ1n) is 6.85. The zero-order valence-corrected chi connectivity index (χ0v) is 10.9. The molecule has 0 bridgehead atoms. The van der Waals surface area contributed by atoms with Gasteiger partial charge in [0.15, 0.2) is 0 Å². The van der Waals surface area contributed by atoms with E-state index in [1.165, 1.54) is 5.56 Å². The Morgan fingerprint density at radius 2 is 1.63 bits per heavy atom. The van der Waals surface area contributed by atoms with Gasteiger partial charge in [-0.25, -0.2) is 0 Å². The van der Waals surface area contributed by atoms with Crippen LogP contribution in [0, 0.1) is 0 Å². The van der Waals surface area contributed by atoms with Gasteiger partial charge in [-0.15, -0.1) is 0 Å². The predicted molar refractivity (Wildman–Crippen MR) is 76.9 cm³/mol. The van der Waals surface area contributed by atoms with Crippen LogP contribution in [0.1, 0.15) is 17.2 Å². The van der Waals surface area contributed by atoms with E-state index in [4.69, 9.17) is 0 Å². The van der Waals surface area contributed by atoms with E-state index in [-0.39, 0.29) is 6.10 Å². The highest BCUT2D eigenvalue weighted by molar-refractivity contribution is 5.21. The zero-order chi connectivity index (χ0) is 13.1. The lowest BCUT2D eigenvalue weighted by Gasteiger charge is -2.11. The first-order valence-corrected chi connectivity index (χ1v) is 6.85. The fraction of sp³-hybridized carbons (Fsp3) is 0.294. The van der Waals surface area contributed by atoms with Crippen molar-refractivity contribution in [2.75, 3.05) is 13.1 Å². The van der Waals surface area contributed by atoms with Crippen molar-refractivity contribution in [1.82, 2.24) is 4.90 Å². The van der Waals surface area contributed by atoms with Crippen LogP contribution < -0.4 is 0 Å². The number of hydrogen-bond donors (Lipinski definition) is 1. The maximum absolute atomic E-state index is 10.3. The minimum atomic E-state index is -0.350. The molecule has 0 amide bonds. The van der Waals surface area contributed by atoms with Crippen molar-refractivity contribution >= 4 is 0 Å². The second kappa shape index (κ2) is 5.55. The summed E-state index contributed by atoms with van der Waals surface area (Å²) in [6.07, 6.45) is 0.704. The van der Waals surface area contributed by atoms with Gasteiger partial charge in [0, 0.05) is 13.1 Å². The van der Waals surface area contributed by atoms with Crippen molar-refractivity contribution < 1.29 is 5.11 Å². The summed E-state index contributed by atoms with van der Waals surface area (Å²) < 4.78 is 0. The summed E-state index contributed by atoms with van der Waals surface area (Å²) in [6, 6.07) is 20.8. The second-order valence-corrected chi connectivity index (χ2v) is 5.15. The van der Waals surface area contributed by atoms with E-state index in [1.54, 1.807) is 0 Å². The molecule has 1 N–H and O–H groups in total. The Hall–Kier alpha value is -1.64. The Balaban J connectivity index is 1.51. The average molecular weight is 253 g/mol. The van der Waals surface area contributed by atoms with Crippen LogP contribution in [-0.4, -0.2) is 29.1 Å². The number of aliphatic hydroxyl groups excluding tert-OH is 1. The van der Waals surface area contributed by atoms with E-state index >= 15 is 0 Å². The summed E-state index contributed by atoms with van der Waals surface area (Å²) >= 11 is 0. The molecule has 0 aliphatic carbocycles. The summed E-state index contributed by atoms with van der Waals surface area (Å²) in [5, 5.41) is 10.3. The molecular formula is C17H19NO. The smallest absolute Gasteiger partial charge is 0.0957 e. The maximum Gasteiger partial charge on any atom is 0.0957 e. The van der Waals surface area contributed by atoms with Crippen LogP contribution >= 0.6 is 0 Å². The number of benzene rings is 2. The molecule has 2 nitrogen and oxygen atoms in total. The minimum absolute atomic E-state index is 0.297. The van der Waals surface area contributed by atoms with Gasteiger partial charge >= 0.3 is 0 Å². The van der Waals surface area contributed by atoms with Gasteiger partial charge in [0.25, 0.3) is 0 Å². The Kier molecular flexibility index (Phi) is 3.62. The monoisotopic (exact) mass is 253 g/mol. The molecule has 1 heterocycles. The van der Waals surface area contributed by atoms with Gasteiger partial charge in [-0.3, -0.25) is 4.90 Å². The van der Waals surface area contributed by atoms with Gasteiger partial charge in [-0.2, -0.15) is 0 Å². The normalized spacial score (nSPS) is 23.0. The standard InChI is InChI=1S/C17H19NO/c19-17(15-9-5-2-6-10-15)16-13-18(16)12-11-14-7-3-1-4-8-14/h1-10,16-17,19H,11-13H2/t16-,17+,18?/m1/s1. The van der Waals surface area contributed by atoms with Crippen LogP contribution in [0.4, 0.5) is 0 Å². The molecule has 98 valence electrons. The number of aliphatic hydroxyl groups is 1. The van der Waals surface area contributed by atoms with E-state index in [0.29, 0.717) is 6.04 Å². The predicted octanol–water partition coefficient (Wildman–Crippen LogP) is 2.65. The highest BCUT2D eigenvalue weighted by Crippen LogP contribution is 2.30. The highest BCUT2D eigenvalue weighted by atomic mass is 16.3. The Morgan fingerprint density at radius 3 is 2.32 bits per heavy atom. The van der Waals surface area contributed by atoms with Crippen molar-refractivity contribution in [3.05, 3.63) is 71.8 Å². The second-order valence-electron chi connectivity index (χ2n) is 5.15. The fourth-order valence-corrected chi connectivity index (χ4v) is 2.54. The molecule has 1 aliphatic rings. The zero-order valence-electron chi connectivity index (χ0n) is 10.9. The van der Waals surface area contributed by atoms with E-state index < -0.39 is 0 Å². The molecule has 2 aromatic rings. The van der Waals surface area contributed by atoms with Gasteiger partial charge in [-0.05, 0) is 17.5 Å². The van der Waals surface area contributed by atoms with Crippen LogP contribution in [-0.2, 0) is 6.42 Å². The highest BCUT2D eigenvalue weighted by Gasteiger charge is 2.39. The number of nitrogens with zero attached hydrogens (tertiary/aromatic N) is 1. The first kappa shape index (κ1) is 12.4. The summed E-state index contributed by atoms with van der Waals surface area (Å²) in [5.41, 5.74) is 2.39. The lowest BCUT2D eigenvalue weighted by molar-refractivity contribution is 0.158. The summed E-state index contributed by atoms with van der Waals surface area (Å²) in [4.78, 5) is 2.34. The maximum atomic E-state index is 10.3. The van der Waals surface area contributed by atoms with E-state index in [1.807, 2.05) is 36.4 Å². The topological polar surface area (TPSA) is 23.2 Å². The fourth-order valence-electron chi connectivity index (χ4n) is 2.54. The molecule has 0 saturated carbocycles. The Labute approximate surface area is 114 Å². The minimum Gasteiger partial charge on any atom is -0.387 e. The van der Waals surface area contributed by atoms with E-state index in [2.05, 4.69) is 29.2 Å². The SMILES string of the molecule is O[C@@H](c1ccccc1)[C@H]1CN1CCc1ccccc1. The van der Waals surface area contributed by atoms with Crippen LogP contribution in [0.15, 0.2) is 60.7 Å². The van der Waals surface area contributed by atoms with Crippen molar-refractivity contribution in [3.63, 3.8) is 0 Å². The van der Waals surface area contributed by atoms with Crippen molar-refractivity contribution in [2.24, 2.45) is 0 Å². The number of rotatable bonds is 5. The lowest BCUT2D eigenvalue weighted by Crippen LogP contribution is -2.13. The first-order chi connectivity index (χ1) is 9.34. The molecule has 1 fully saturated rings. The van der Waals surface area contributed by atoms with Crippen molar-refractivity contribution in [1.29, 1.82) is 0 Å². The van der Waals surface area contributed by atoms with Gasteiger partial charge in [0.05, 0.1) is 12.1 Å². The summed E-state index contributed by atoms with van der Waals surface area (Å²) in [7, 11) is 0. The number of hydrogen-bond acceptors (Lipinski definition) is 2. The van der Waals surface area contributed by atoms with Gasteiger partial charge < -0.3 is 5.11 Å². The van der Waals surface area contributed by atoms with Gasteiger partial charge in [0.1, 0.15) is 0 Å². The molecule has 19 heavy (non-hydrogen) atoms. The third-order valence-electron chi connectivity index (χ3n) is 3.79. The van der Waals surface area contributed by atoms with E-state index in [9.17, 15) is 5.11 Å². The average Bonchev–Trinajstić information content (AvgIpc) is 3.26. The van der Waals surface area contributed by atoms with Crippen LogP contribution in [0.25, 0.3) is 0 Å². The van der Waals surface area contributed by atoms with Crippen LogP contribution in [0.5, 0.6) is 0 Å². The Morgan fingerprint density at radius 1 is 1.00 bits per heavy atom. The lowest BCUT2D eigenvalue weighted by atomic mass is 10.1. The largest absolute Gasteiger partial charge is 0.387 e. The summed E-state index contributed by atoms with van der Waals surface area (Å²) in [5.74, 6) is 0. The molecule has 0 radical (unpaired) electrons.